The van der Waals surface area contributed by atoms with Crippen LogP contribution in [0, 0.1) is 17.2 Å². The number of rotatable bonds is 2. The van der Waals surface area contributed by atoms with Gasteiger partial charge in [-0.25, -0.2) is 0 Å². The van der Waals surface area contributed by atoms with Gasteiger partial charge in [-0.2, -0.15) is 5.26 Å². The first-order chi connectivity index (χ1) is 5.77. The third-order valence-electron chi connectivity index (χ3n) is 1.83. The van der Waals surface area contributed by atoms with Crippen molar-refractivity contribution in [2.45, 2.75) is 11.8 Å². The Hall–Kier alpha value is -0.940. The zero-order valence-corrected chi connectivity index (χ0v) is 7.58. The first-order valence-electron chi connectivity index (χ1n) is 3.74. The summed E-state index contributed by atoms with van der Waals surface area (Å²) in [6.07, 6.45) is 6.49. The van der Waals surface area contributed by atoms with Gasteiger partial charge < -0.3 is 4.74 Å². The molecule has 1 aliphatic carbocycles. The molecule has 0 saturated heterocycles. The molecule has 0 bridgehead atoms. The van der Waals surface area contributed by atoms with Crippen molar-refractivity contribution in [3.63, 3.8) is 0 Å². The molecule has 0 aromatic rings. The van der Waals surface area contributed by atoms with Crippen LogP contribution in [0.15, 0.2) is 24.0 Å². The zero-order valence-electron chi connectivity index (χ0n) is 6.83. The average Bonchev–Trinajstić information content (AvgIpc) is 2.17. The van der Waals surface area contributed by atoms with Gasteiger partial charge in [-0.05, 0) is 18.6 Å². The highest BCUT2D eigenvalue weighted by Gasteiger charge is 2.17. The molecule has 12 heavy (non-hydrogen) atoms. The van der Waals surface area contributed by atoms with E-state index < -0.39 is 5.38 Å². The number of allylic oxidation sites excluding steroid dienone is 3. The third-order valence-corrected chi connectivity index (χ3v) is 2.26. The Morgan fingerprint density at radius 3 is 3.00 bits per heavy atom. The van der Waals surface area contributed by atoms with Crippen molar-refractivity contribution < 1.29 is 4.74 Å². The molecule has 0 spiro atoms. The second-order valence-corrected chi connectivity index (χ2v) is 3.07. The lowest BCUT2D eigenvalue weighted by Crippen LogP contribution is -2.11. The molecule has 0 N–H and O–H groups in total. The maximum Gasteiger partial charge on any atom is 0.127 e. The van der Waals surface area contributed by atoms with Crippen LogP contribution in [0.5, 0.6) is 0 Å². The number of hydrogen-bond donors (Lipinski definition) is 0. The molecule has 1 rings (SSSR count). The standard InChI is InChI=1S/C9H10ClNO/c1-12-8-4-2-7(3-5-8)9(10)6-11/h2,4-5,7,9H,3H2,1H3. The fraction of sp³-hybridized carbons (Fsp3) is 0.444. The van der Waals surface area contributed by atoms with Crippen LogP contribution >= 0.6 is 11.6 Å². The number of nitrogens with zero attached hydrogens (tertiary/aromatic N) is 1. The Bertz CT molecular complexity index is 252. The van der Waals surface area contributed by atoms with Gasteiger partial charge >= 0.3 is 0 Å². The number of alkyl halides is 1. The molecule has 0 amide bonds. The predicted molar refractivity (Wildman–Crippen MR) is 47.6 cm³/mol. The summed E-state index contributed by atoms with van der Waals surface area (Å²) < 4.78 is 5.00. The zero-order chi connectivity index (χ0) is 8.97. The summed E-state index contributed by atoms with van der Waals surface area (Å²) in [7, 11) is 1.62. The summed E-state index contributed by atoms with van der Waals surface area (Å²) in [6, 6.07) is 2.01. The first-order valence-corrected chi connectivity index (χ1v) is 4.17. The molecule has 2 unspecified atom stereocenters. The van der Waals surface area contributed by atoms with Gasteiger partial charge in [0.1, 0.15) is 11.1 Å². The Kier molecular flexibility index (Phi) is 3.19. The molecule has 3 heteroatoms. The van der Waals surface area contributed by atoms with Crippen molar-refractivity contribution in [3.05, 3.63) is 24.0 Å². The molecule has 64 valence electrons. The molecule has 2 nitrogen and oxygen atoms in total. The second-order valence-electron chi connectivity index (χ2n) is 2.60. The van der Waals surface area contributed by atoms with Crippen molar-refractivity contribution in [1.82, 2.24) is 0 Å². The SMILES string of the molecule is COC1=CCC(C(Cl)C#N)C=C1. The summed E-state index contributed by atoms with van der Waals surface area (Å²) in [6.45, 7) is 0. The smallest absolute Gasteiger partial charge is 0.127 e. The number of nitriles is 1. The maximum absolute atomic E-state index is 8.54. The van der Waals surface area contributed by atoms with E-state index in [1.165, 1.54) is 0 Å². The van der Waals surface area contributed by atoms with E-state index in [1.807, 2.05) is 24.3 Å². The fourth-order valence-corrected chi connectivity index (χ4v) is 1.27. The predicted octanol–water partition coefficient (Wildman–Crippen LogP) is 2.22. The summed E-state index contributed by atoms with van der Waals surface area (Å²) in [5.41, 5.74) is 0. The molecule has 0 heterocycles. The van der Waals surface area contributed by atoms with Gasteiger partial charge in [0.15, 0.2) is 0 Å². The van der Waals surface area contributed by atoms with E-state index in [2.05, 4.69) is 0 Å². The number of halogens is 1. The lowest BCUT2D eigenvalue weighted by atomic mass is 9.97. The van der Waals surface area contributed by atoms with Gasteiger partial charge in [-0.3, -0.25) is 0 Å². The number of hydrogen-bond acceptors (Lipinski definition) is 2. The van der Waals surface area contributed by atoms with Gasteiger partial charge in [0.05, 0.1) is 13.2 Å². The van der Waals surface area contributed by atoms with E-state index in [-0.39, 0.29) is 5.92 Å². The maximum atomic E-state index is 8.54. The molecule has 0 radical (unpaired) electrons. The Morgan fingerprint density at radius 2 is 2.58 bits per heavy atom. The quantitative estimate of drug-likeness (QED) is 0.615. The highest BCUT2D eigenvalue weighted by atomic mass is 35.5. The van der Waals surface area contributed by atoms with Crippen molar-refractivity contribution in [1.29, 1.82) is 5.26 Å². The van der Waals surface area contributed by atoms with Crippen LogP contribution in [0.25, 0.3) is 0 Å². The van der Waals surface area contributed by atoms with Gasteiger partial charge in [0.25, 0.3) is 0 Å². The topological polar surface area (TPSA) is 33.0 Å². The van der Waals surface area contributed by atoms with E-state index in [4.69, 9.17) is 21.6 Å². The van der Waals surface area contributed by atoms with Crippen LogP contribution in [0.4, 0.5) is 0 Å². The van der Waals surface area contributed by atoms with Gasteiger partial charge in [0.2, 0.25) is 0 Å². The number of methoxy groups -OCH3 is 1. The lowest BCUT2D eigenvalue weighted by Gasteiger charge is -2.15. The van der Waals surface area contributed by atoms with Gasteiger partial charge in [0, 0.05) is 5.92 Å². The van der Waals surface area contributed by atoms with E-state index in [0.29, 0.717) is 0 Å². The molecule has 0 aromatic heterocycles. The second kappa shape index (κ2) is 4.18. The normalized spacial score (nSPS) is 24.1. The third kappa shape index (κ3) is 2.02. The lowest BCUT2D eigenvalue weighted by molar-refractivity contribution is 0.301. The molecule has 0 saturated carbocycles. The highest BCUT2D eigenvalue weighted by Crippen LogP contribution is 2.22. The highest BCUT2D eigenvalue weighted by molar-refractivity contribution is 6.22. The van der Waals surface area contributed by atoms with Crippen LogP contribution in [0.3, 0.4) is 0 Å². The molecule has 0 aliphatic heterocycles. The van der Waals surface area contributed by atoms with Gasteiger partial charge in [-0.15, -0.1) is 11.6 Å². The Balaban J connectivity index is 2.55. The summed E-state index contributed by atoms with van der Waals surface area (Å²) in [5.74, 6) is 0.962. The van der Waals surface area contributed by atoms with Crippen molar-refractivity contribution in [2.75, 3.05) is 7.11 Å². The van der Waals surface area contributed by atoms with Crippen LogP contribution < -0.4 is 0 Å². The van der Waals surface area contributed by atoms with E-state index in [0.717, 1.165) is 12.2 Å². The molecular formula is C9H10ClNO. The summed E-state index contributed by atoms with van der Waals surface area (Å²) in [5, 5.41) is 8.11. The Labute approximate surface area is 77.1 Å². The van der Waals surface area contributed by atoms with Crippen LogP contribution in [0.2, 0.25) is 0 Å². The van der Waals surface area contributed by atoms with E-state index in [1.54, 1.807) is 7.11 Å². The van der Waals surface area contributed by atoms with Crippen LogP contribution in [-0.4, -0.2) is 12.5 Å². The van der Waals surface area contributed by atoms with E-state index >= 15 is 0 Å². The molecular weight excluding hydrogens is 174 g/mol. The van der Waals surface area contributed by atoms with Crippen molar-refractivity contribution in [3.8, 4) is 6.07 Å². The molecule has 2 atom stereocenters. The first kappa shape index (κ1) is 9.15. The van der Waals surface area contributed by atoms with E-state index in [9.17, 15) is 0 Å². The molecule has 0 aromatic carbocycles. The summed E-state index contributed by atoms with van der Waals surface area (Å²) in [4.78, 5) is 0. The van der Waals surface area contributed by atoms with Crippen molar-refractivity contribution >= 4 is 11.6 Å². The van der Waals surface area contributed by atoms with Crippen LogP contribution in [-0.2, 0) is 4.74 Å². The van der Waals surface area contributed by atoms with Gasteiger partial charge in [-0.1, -0.05) is 6.08 Å². The average molecular weight is 184 g/mol. The number of ether oxygens (including phenoxy) is 1. The summed E-state index contributed by atoms with van der Waals surface area (Å²) >= 11 is 5.75. The van der Waals surface area contributed by atoms with Crippen molar-refractivity contribution in [2.24, 2.45) is 5.92 Å². The minimum atomic E-state index is -0.434. The largest absolute Gasteiger partial charge is 0.497 e. The minimum absolute atomic E-state index is 0.121. The monoisotopic (exact) mass is 183 g/mol. The molecule has 1 aliphatic rings. The van der Waals surface area contributed by atoms with Crippen LogP contribution in [0.1, 0.15) is 6.42 Å². The fourth-order valence-electron chi connectivity index (χ4n) is 1.08. The Morgan fingerprint density at radius 1 is 1.83 bits per heavy atom. The molecule has 0 fully saturated rings. The minimum Gasteiger partial charge on any atom is -0.497 e.